The number of amides is 1. The highest BCUT2D eigenvalue weighted by molar-refractivity contribution is 6.33. The second kappa shape index (κ2) is 4.97. The lowest BCUT2D eigenvalue weighted by Gasteiger charge is -2.06. The number of hydrogen-bond acceptors (Lipinski definition) is 1. The Hall–Kier alpha value is -1.87. The van der Waals surface area contributed by atoms with Crippen molar-refractivity contribution in [3.8, 4) is 0 Å². The second-order valence-electron chi connectivity index (χ2n) is 3.44. The number of halogens is 2. The van der Waals surface area contributed by atoms with Crippen LogP contribution in [0.25, 0.3) is 0 Å². The average Bonchev–Trinajstić information content (AvgIpc) is 2.34. The summed E-state index contributed by atoms with van der Waals surface area (Å²) in [6, 6.07) is 12.6. The third kappa shape index (κ3) is 2.82. The van der Waals surface area contributed by atoms with Gasteiger partial charge in [-0.25, -0.2) is 4.39 Å². The summed E-state index contributed by atoms with van der Waals surface area (Å²) in [7, 11) is 0. The third-order valence-corrected chi connectivity index (χ3v) is 2.53. The molecule has 0 unspecified atom stereocenters. The predicted molar refractivity (Wildman–Crippen MR) is 65.8 cm³/mol. The standard InChI is InChI=1S/C13H9ClFNO/c14-11-8-10(15)6-7-12(11)16-13(17)9-4-2-1-3-5-9/h1-8H,(H,16,17). The van der Waals surface area contributed by atoms with Crippen molar-refractivity contribution in [3.05, 3.63) is 64.9 Å². The van der Waals surface area contributed by atoms with E-state index in [1.807, 2.05) is 6.07 Å². The quantitative estimate of drug-likeness (QED) is 0.863. The molecule has 2 rings (SSSR count). The van der Waals surface area contributed by atoms with Crippen LogP contribution in [0, 0.1) is 5.82 Å². The van der Waals surface area contributed by atoms with Crippen LogP contribution in [0.15, 0.2) is 48.5 Å². The summed E-state index contributed by atoms with van der Waals surface area (Å²) >= 11 is 5.81. The molecule has 17 heavy (non-hydrogen) atoms. The van der Waals surface area contributed by atoms with Gasteiger partial charge in [-0.05, 0) is 30.3 Å². The summed E-state index contributed by atoms with van der Waals surface area (Å²) in [5.41, 5.74) is 0.912. The van der Waals surface area contributed by atoms with Crippen molar-refractivity contribution in [2.45, 2.75) is 0 Å². The van der Waals surface area contributed by atoms with Gasteiger partial charge in [-0.3, -0.25) is 4.79 Å². The largest absolute Gasteiger partial charge is 0.321 e. The summed E-state index contributed by atoms with van der Waals surface area (Å²) in [5.74, 6) is -0.716. The van der Waals surface area contributed by atoms with E-state index in [0.717, 1.165) is 6.07 Å². The lowest BCUT2D eigenvalue weighted by Crippen LogP contribution is -2.11. The van der Waals surface area contributed by atoms with Crippen LogP contribution in [0.4, 0.5) is 10.1 Å². The molecule has 0 heterocycles. The predicted octanol–water partition coefficient (Wildman–Crippen LogP) is 3.73. The van der Waals surface area contributed by atoms with E-state index < -0.39 is 5.82 Å². The zero-order valence-electron chi connectivity index (χ0n) is 8.78. The zero-order valence-corrected chi connectivity index (χ0v) is 9.54. The highest BCUT2D eigenvalue weighted by Crippen LogP contribution is 2.22. The molecule has 2 aromatic rings. The molecule has 0 aliphatic rings. The van der Waals surface area contributed by atoms with Gasteiger partial charge in [0.25, 0.3) is 5.91 Å². The van der Waals surface area contributed by atoms with E-state index in [1.165, 1.54) is 12.1 Å². The minimum absolute atomic E-state index is 0.175. The molecule has 0 atom stereocenters. The Labute approximate surface area is 103 Å². The Morgan fingerprint density at radius 2 is 1.82 bits per heavy atom. The van der Waals surface area contributed by atoms with Crippen molar-refractivity contribution in [2.24, 2.45) is 0 Å². The zero-order chi connectivity index (χ0) is 12.3. The number of anilines is 1. The van der Waals surface area contributed by atoms with E-state index in [1.54, 1.807) is 24.3 Å². The summed E-state index contributed by atoms with van der Waals surface area (Å²) in [4.78, 5) is 11.8. The number of carbonyl (C=O) groups is 1. The van der Waals surface area contributed by atoms with E-state index >= 15 is 0 Å². The fraction of sp³-hybridized carbons (Fsp3) is 0. The summed E-state index contributed by atoms with van der Waals surface area (Å²) in [6.07, 6.45) is 0. The van der Waals surface area contributed by atoms with Gasteiger partial charge in [-0.1, -0.05) is 29.8 Å². The number of benzene rings is 2. The highest BCUT2D eigenvalue weighted by atomic mass is 35.5. The maximum Gasteiger partial charge on any atom is 0.255 e. The molecule has 0 aliphatic heterocycles. The first-order valence-electron chi connectivity index (χ1n) is 4.98. The van der Waals surface area contributed by atoms with Gasteiger partial charge < -0.3 is 5.32 Å². The van der Waals surface area contributed by atoms with Crippen LogP contribution in [0.1, 0.15) is 10.4 Å². The van der Waals surface area contributed by atoms with Gasteiger partial charge in [0.1, 0.15) is 5.82 Å². The van der Waals surface area contributed by atoms with Crippen molar-refractivity contribution >= 4 is 23.2 Å². The Kier molecular flexibility index (Phi) is 3.40. The van der Waals surface area contributed by atoms with Crippen LogP contribution in [0.3, 0.4) is 0 Å². The normalized spacial score (nSPS) is 10.0. The molecule has 0 spiro atoms. The van der Waals surface area contributed by atoms with Gasteiger partial charge in [0, 0.05) is 5.56 Å². The monoisotopic (exact) mass is 249 g/mol. The maximum atomic E-state index is 12.8. The maximum absolute atomic E-state index is 12.8. The van der Waals surface area contributed by atoms with Crippen molar-refractivity contribution in [1.29, 1.82) is 0 Å². The third-order valence-electron chi connectivity index (χ3n) is 2.22. The topological polar surface area (TPSA) is 29.1 Å². The molecule has 4 heteroatoms. The van der Waals surface area contributed by atoms with Gasteiger partial charge >= 0.3 is 0 Å². The van der Waals surface area contributed by atoms with Crippen molar-refractivity contribution in [3.63, 3.8) is 0 Å². The first-order chi connectivity index (χ1) is 8.16. The van der Waals surface area contributed by atoms with Gasteiger partial charge in [-0.2, -0.15) is 0 Å². The van der Waals surface area contributed by atoms with Crippen LogP contribution >= 0.6 is 11.6 Å². The Morgan fingerprint density at radius 3 is 2.47 bits per heavy atom. The van der Waals surface area contributed by atoms with Crippen molar-refractivity contribution in [2.75, 3.05) is 5.32 Å². The molecule has 0 radical (unpaired) electrons. The van der Waals surface area contributed by atoms with Gasteiger partial charge in [-0.15, -0.1) is 0 Å². The van der Waals surface area contributed by atoms with Crippen molar-refractivity contribution in [1.82, 2.24) is 0 Å². The lowest BCUT2D eigenvalue weighted by molar-refractivity contribution is 0.102. The summed E-state index contributed by atoms with van der Waals surface area (Å²) in [6.45, 7) is 0. The molecule has 0 saturated carbocycles. The van der Waals surface area contributed by atoms with E-state index in [2.05, 4.69) is 5.32 Å². The molecule has 1 N–H and O–H groups in total. The van der Waals surface area contributed by atoms with Gasteiger partial charge in [0.05, 0.1) is 10.7 Å². The first kappa shape index (κ1) is 11.6. The number of carbonyl (C=O) groups excluding carboxylic acids is 1. The molecular formula is C13H9ClFNO. The van der Waals surface area contributed by atoms with Gasteiger partial charge in [0.2, 0.25) is 0 Å². The smallest absolute Gasteiger partial charge is 0.255 e. The molecule has 2 nitrogen and oxygen atoms in total. The van der Waals surface area contributed by atoms with Crippen LogP contribution in [0.5, 0.6) is 0 Å². The Morgan fingerprint density at radius 1 is 1.12 bits per heavy atom. The fourth-order valence-electron chi connectivity index (χ4n) is 1.37. The molecule has 0 fully saturated rings. The molecule has 0 aromatic heterocycles. The Balaban J connectivity index is 2.19. The molecule has 0 aliphatic carbocycles. The fourth-order valence-corrected chi connectivity index (χ4v) is 1.59. The average molecular weight is 250 g/mol. The summed E-state index contributed by atoms with van der Waals surface area (Å²) < 4.78 is 12.8. The SMILES string of the molecule is O=C(Nc1ccc(F)cc1Cl)c1ccccc1. The van der Waals surface area contributed by atoms with Crippen LogP contribution < -0.4 is 5.32 Å². The number of rotatable bonds is 2. The molecular weight excluding hydrogens is 241 g/mol. The first-order valence-corrected chi connectivity index (χ1v) is 5.36. The van der Waals surface area contributed by atoms with Crippen LogP contribution in [-0.4, -0.2) is 5.91 Å². The minimum atomic E-state index is -0.437. The van der Waals surface area contributed by atoms with E-state index in [0.29, 0.717) is 11.3 Å². The highest BCUT2D eigenvalue weighted by Gasteiger charge is 2.08. The number of nitrogens with one attached hydrogen (secondary N) is 1. The van der Waals surface area contributed by atoms with Crippen LogP contribution in [-0.2, 0) is 0 Å². The van der Waals surface area contributed by atoms with E-state index in [-0.39, 0.29) is 10.9 Å². The minimum Gasteiger partial charge on any atom is -0.321 e. The molecule has 86 valence electrons. The molecule has 0 saturated heterocycles. The lowest BCUT2D eigenvalue weighted by atomic mass is 10.2. The van der Waals surface area contributed by atoms with Crippen molar-refractivity contribution < 1.29 is 9.18 Å². The van der Waals surface area contributed by atoms with Crippen LogP contribution in [0.2, 0.25) is 5.02 Å². The van der Waals surface area contributed by atoms with E-state index in [4.69, 9.17) is 11.6 Å². The number of hydrogen-bond donors (Lipinski definition) is 1. The van der Waals surface area contributed by atoms with Gasteiger partial charge in [0.15, 0.2) is 0 Å². The molecule has 1 amide bonds. The Bertz CT molecular complexity index is 542. The molecule has 2 aromatic carbocycles. The summed E-state index contributed by atoms with van der Waals surface area (Å²) in [5, 5.41) is 2.79. The van der Waals surface area contributed by atoms with E-state index in [9.17, 15) is 9.18 Å². The molecule has 0 bridgehead atoms. The second-order valence-corrected chi connectivity index (χ2v) is 3.85.